The number of carbonyl (C=O) groups is 1. The number of nitrogens with two attached hydrogens (primary N) is 1. The van der Waals surface area contributed by atoms with Gasteiger partial charge in [0.25, 0.3) is 0 Å². The first-order valence-electron chi connectivity index (χ1n) is 5.69. The zero-order chi connectivity index (χ0) is 12.4. The van der Waals surface area contributed by atoms with Crippen LogP contribution in [-0.4, -0.2) is 30.4 Å². The minimum absolute atomic E-state index is 0.134. The summed E-state index contributed by atoms with van der Waals surface area (Å²) in [6.07, 6.45) is 1.76. The molecule has 0 bridgehead atoms. The van der Waals surface area contributed by atoms with Crippen LogP contribution in [0.1, 0.15) is 33.1 Å². The van der Waals surface area contributed by atoms with E-state index < -0.39 is 0 Å². The number of hydrogen-bond acceptors (Lipinski definition) is 4. The number of hydrazine groups is 1. The third-order valence-corrected chi connectivity index (χ3v) is 2.20. The van der Waals surface area contributed by atoms with Crippen molar-refractivity contribution in [3.05, 3.63) is 0 Å². The molecule has 1 amide bonds. The average Bonchev–Trinajstić information content (AvgIpc) is 2.24. The first-order chi connectivity index (χ1) is 7.60. The Morgan fingerprint density at radius 1 is 1.50 bits per heavy atom. The van der Waals surface area contributed by atoms with Crippen molar-refractivity contribution in [2.24, 2.45) is 11.8 Å². The molecule has 0 unspecified atom stereocenters. The average molecular weight is 226 g/mol. The normalized spacial score (nSPS) is 10.5. The summed E-state index contributed by atoms with van der Waals surface area (Å²) in [5.41, 5.74) is 2.11. The van der Waals surface area contributed by atoms with Gasteiger partial charge in [0.05, 0.1) is 6.07 Å². The molecule has 5 heteroatoms. The van der Waals surface area contributed by atoms with E-state index in [1.165, 1.54) is 0 Å². The van der Waals surface area contributed by atoms with Crippen molar-refractivity contribution in [2.45, 2.75) is 33.1 Å². The molecule has 0 aromatic carbocycles. The molecule has 0 aromatic heterocycles. The van der Waals surface area contributed by atoms with Crippen LogP contribution in [0.4, 0.5) is 0 Å². The number of nitrogens with zero attached hydrogens (tertiary/aromatic N) is 2. The third-order valence-electron chi connectivity index (χ3n) is 2.20. The summed E-state index contributed by atoms with van der Waals surface area (Å²) < 4.78 is 0. The quantitative estimate of drug-likeness (QED) is 0.361. The SMILES string of the molecule is CC(C)CN(CCC#N)CCCC(=O)NN. The Morgan fingerprint density at radius 3 is 2.69 bits per heavy atom. The van der Waals surface area contributed by atoms with Gasteiger partial charge in [0, 0.05) is 25.9 Å². The molecule has 0 aromatic rings. The Hall–Kier alpha value is -1.12. The highest BCUT2D eigenvalue weighted by atomic mass is 16.2. The zero-order valence-corrected chi connectivity index (χ0v) is 10.2. The van der Waals surface area contributed by atoms with Crippen LogP contribution in [0.25, 0.3) is 0 Å². The molecule has 0 aliphatic heterocycles. The predicted molar refractivity (Wildman–Crippen MR) is 63.1 cm³/mol. The molecule has 0 saturated carbocycles. The molecule has 0 aliphatic carbocycles. The van der Waals surface area contributed by atoms with Gasteiger partial charge in [0.2, 0.25) is 5.91 Å². The molecule has 0 spiro atoms. The lowest BCUT2D eigenvalue weighted by molar-refractivity contribution is -0.121. The van der Waals surface area contributed by atoms with Crippen LogP contribution in [-0.2, 0) is 4.79 Å². The van der Waals surface area contributed by atoms with E-state index >= 15 is 0 Å². The van der Waals surface area contributed by atoms with E-state index in [-0.39, 0.29) is 5.91 Å². The van der Waals surface area contributed by atoms with E-state index in [1.807, 2.05) is 0 Å². The van der Waals surface area contributed by atoms with Crippen molar-refractivity contribution in [3.8, 4) is 6.07 Å². The molecular weight excluding hydrogens is 204 g/mol. The number of hydrogen-bond donors (Lipinski definition) is 2. The lowest BCUT2D eigenvalue weighted by Gasteiger charge is -2.22. The Bertz CT molecular complexity index is 235. The van der Waals surface area contributed by atoms with E-state index in [2.05, 4.69) is 30.2 Å². The second-order valence-electron chi connectivity index (χ2n) is 4.27. The van der Waals surface area contributed by atoms with Crippen molar-refractivity contribution >= 4 is 5.91 Å². The van der Waals surface area contributed by atoms with Gasteiger partial charge >= 0.3 is 0 Å². The van der Waals surface area contributed by atoms with Crippen LogP contribution in [0.15, 0.2) is 0 Å². The van der Waals surface area contributed by atoms with Gasteiger partial charge in [-0.25, -0.2) is 5.84 Å². The number of amides is 1. The van der Waals surface area contributed by atoms with Crippen LogP contribution < -0.4 is 11.3 Å². The molecule has 16 heavy (non-hydrogen) atoms. The molecule has 5 nitrogen and oxygen atoms in total. The summed E-state index contributed by atoms with van der Waals surface area (Å²) in [7, 11) is 0. The van der Waals surface area contributed by atoms with Crippen molar-refractivity contribution in [1.82, 2.24) is 10.3 Å². The highest BCUT2D eigenvalue weighted by molar-refractivity contribution is 5.75. The van der Waals surface area contributed by atoms with Crippen molar-refractivity contribution in [1.29, 1.82) is 5.26 Å². The standard InChI is InChI=1S/C11H22N4O/c1-10(2)9-15(8-4-6-12)7-3-5-11(16)14-13/h10H,3-5,7-9,13H2,1-2H3,(H,14,16). The number of rotatable bonds is 8. The van der Waals surface area contributed by atoms with E-state index in [0.29, 0.717) is 18.8 Å². The van der Waals surface area contributed by atoms with E-state index in [0.717, 1.165) is 26.1 Å². The number of nitriles is 1. The molecular formula is C11H22N4O. The maximum atomic E-state index is 10.9. The monoisotopic (exact) mass is 226 g/mol. The van der Waals surface area contributed by atoms with E-state index in [1.54, 1.807) is 0 Å². The van der Waals surface area contributed by atoms with Gasteiger partial charge in [-0.3, -0.25) is 10.2 Å². The van der Waals surface area contributed by atoms with Crippen LogP contribution in [0, 0.1) is 17.2 Å². The van der Waals surface area contributed by atoms with Crippen LogP contribution in [0.5, 0.6) is 0 Å². The maximum absolute atomic E-state index is 10.9. The molecule has 0 aliphatic rings. The van der Waals surface area contributed by atoms with Gasteiger partial charge in [-0.1, -0.05) is 13.8 Å². The molecule has 0 fully saturated rings. The first-order valence-corrected chi connectivity index (χ1v) is 5.69. The van der Waals surface area contributed by atoms with E-state index in [4.69, 9.17) is 11.1 Å². The predicted octanol–water partition coefficient (Wildman–Crippen LogP) is 0.628. The van der Waals surface area contributed by atoms with Crippen molar-refractivity contribution in [2.75, 3.05) is 19.6 Å². The summed E-state index contributed by atoms with van der Waals surface area (Å²) in [6, 6.07) is 2.14. The minimum Gasteiger partial charge on any atom is -0.302 e. The van der Waals surface area contributed by atoms with Gasteiger partial charge in [-0.2, -0.15) is 5.26 Å². The molecule has 0 atom stereocenters. The Balaban J connectivity index is 3.82. The summed E-state index contributed by atoms with van der Waals surface area (Å²) in [4.78, 5) is 13.1. The topological polar surface area (TPSA) is 82.2 Å². The Labute approximate surface area is 97.6 Å². The Kier molecular flexibility index (Phi) is 8.49. The summed E-state index contributed by atoms with van der Waals surface area (Å²) in [6.45, 7) is 6.87. The van der Waals surface area contributed by atoms with Gasteiger partial charge in [0.1, 0.15) is 0 Å². The number of nitrogens with one attached hydrogen (secondary N) is 1. The maximum Gasteiger partial charge on any atom is 0.233 e. The smallest absolute Gasteiger partial charge is 0.233 e. The fourth-order valence-electron chi connectivity index (χ4n) is 1.55. The first kappa shape index (κ1) is 14.9. The summed E-state index contributed by atoms with van der Waals surface area (Å²) in [5, 5.41) is 8.54. The largest absolute Gasteiger partial charge is 0.302 e. The molecule has 0 heterocycles. The van der Waals surface area contributed by atoms with E-state index in [9.17, 15) is 4.79 Å². The van der Waals surface area contributed by atoms with Crippen LogP contribution in [0.2, 0.25) is 0 Å². The summed E-state index contributed by atoms with van der Waals surface area (Å²) >= 11 is 0. The van der Waals surface area contributed by atoms with Crippen molar-refractivity contribution in [3.63, 3.8) is 0 Å². The fourth-order valence-corrected chi connectivity index (χ4v) is 1.55. The molecule has 0 saturated heterocycles. The lowest BCUT2D eigenvalue weighted by Crippen LogP contribution is -2.33. The van der Waals surface area contributed by atoms with Gasteiger partial charge < -0.3 is 4.90 Å². The molecule has 0 rings (SSSR count). The highest BCUT2D eigenvalue weighted by Crippen LogP contribution is 2.02. The van der Waals surface area contributed by atoms with Crippen molar-refractivity contribution < 1.29 is 4.79 Å². The second kappa shape index (κ2) is 9.13. The lowest BCUT2D eigenvalue weighted by atomic mass is 10.2. The van der Waals surface area contributed by atoms with Crippen LogP contribution >= 0.6 is 0 Å². The molecule has 92 valence electrons. The highest BCUT2D eigenvalue weighted by Gasteiger charge is 2.07. The summed E-state index contributed by atoms with van der Waals surface area (Å²) in [5.74, 6) is 5.43. The zero-order valence-electron chi connectivity index (χ0n) is 10.2. The molecule has 3 N–H and O–H groups in total. The number of carbonyl (C=O) groups excluding carboxylic acids is 1. The third kappa shape index (κ3) is 8.21. The fraction of sp³-hybridized carbons (Fsp3) is 0.818. The van der Waals surface area contributed by atoms with Crippen LogP contribution in [0.3, 0.4) is 0 Å². The Morgan fingerprint density at radius 2 is 2.19 bits per heavy atom. The second-order valence-corrected chi connectivity index (χ2v) is 4.27. The minimum atomic E-state index is -0.134. The van der Waals surface area contributed by atoms with Gasteiger partial charge in [-0.15, -0.1) is 0 Å². The van der Waals surface area contributed by atoms with Gasteiger partial charge in [-0.05, 0) is 18.9 Å². The van der Waals surface area contributed by atoms with Gasteiger partial charge in [0.15, 0.2) is 0 Å². The molecule has 0 radical (unpaired) electrons.